The van der Waals surface area contributed by atoms with Crippen LogP contribution in [0, 0.1) is 0 Å². The van der Waals surface area contributed by atoms with Gasteiger partial charge in [0.1, 0.15) is 0 Å². The van der Waals surface area contributed by atoms with E-state index in [1.807, 2.05) is 23.6 Å². The summed E-state index contributed by atoms with van der Waals surface area (Å²) >= 11 is 1.50. The first kappa shape index (κ1) is 17.3. The van der Waals surface area contributed by atoms with Crippen molar-refractivity contribution in [1.29, 1.82) is 0 Å². The molecular weight excluding hydrogens is 388 g/mol. The summed E-state index contributed by atoms with van der Waals surface area (Å²) in [6, 6.07) is 18.9. The second-order valence-corrected chi connectivity index (χ2v) is 7.33. The molecule has 0 fully saturated rings. The summed E-state index contributed by atoms with van der Waals surface area (Å²) in [4.78, 5) is 48.8. The number of hydrogen-bond acceptors (Lipinski definition) is 6. The number of benzene rings is 2. The van der Waals surface area contributed by atoms with Gasteiger partial charge in [0.15, 0.2) is 0 Å². The zero-order chi connectivity index (χ0) is 20.0. The third kappa shape index (κ3) is 2.79. The van der Waals surface area contributed by atoms with E-state index in [1.165, 1.54) is 23.5 Å². The molecule has 6 nitrogen and oxygen atoms in total. The van der Waals surface area contributed by atoms with E-state index in [4.69, 9.17) is 4.84 Å². The summed E-state index contributed by atoms with van der Waals surface area (Å²) in [6.07, 6.45) is 0. The molecule has 7 heteroatoms. The maximum atomic E-state index is 13.0. The molecular formula is C22H12N2O4S. The van der Waals surface area contributed by atoms with Crippen molar-refractivity contribution in [3.05, 3.63) is 88.8 Å². The number of nitrogens with zero attached hydrogens (tertiary/aromatic N) is 2. The molecule has 0 atom stereocenters. The largest absolute Gasteiger partial charge is 0.364 e. The molecule has 1 aliphatic rings. The summed E-state index contributed by atoms with van der Waals surface area (Å²) < 4.78 is 0. The van der Waals surface area contributed by atoms with Crippen LogP contribution in [-0.4, -0.2) is 27.8 Å². The van der Waals surface area contributed by atoms with Gasteiger partial charge >= 0.3 is 5.97 Å². The smallest absolute Gasteiger partial charge is 0.324 e. The number of carbonyl (C=O) groups is 3. The Morgan fingerprint density at radius 1 is 0.897 bits per heavy atom. The van der Waals surface area contributed by atoms with E-state index in [0.717, 1.165) is 4.88 Å². The molecule has 5 rings (SSSR count). The second kappa shape index (κ2) is 6.65. The van der Waals surface area contributed by atoms with Crippen molar-refractivity contribution in [2.45, 2.75) is 0 Å². The molecule has 0 saturated carbocycles. The van der Waals surface area contributed by atoms with E-state index in [-0.39, 0.29) is 16.7 Å². The Morgan fingerprint density at radius 3 is 2.28 bits per heavy atom. The maximum absolute atomic E-state index is 13.0. The van der Waals surface area contributed by atoms with Gasteiger partial charge in [0, 0.05) is 5.39 Å². The van der Waals surface area contributed by atoms with Crippen LogP contribution in [0.3, 0.4) is 0 Å². The lowest BCUT2D eigenvalue weighted by Gasteiger charge is -2.14. The van der Waals surface area contributed by atoms with Crippen molar-refractivity contribution < 1.29 is 19.2 Å². The minimum Gasteiger partial charge on any atom is -0.324 e. The van der Waals surface area contributed by atoms with Gasteiger partial charge in [-0.15, -0.1) is 11.3 Å². The summed E-state index contributed by atoms with van der Waals surface area (Å²) in [5.41, 5.74) is 1.89. The molecule has 0 saturated heterocycles. The molecule has 2 aromatic carbocycles. The van der Waals surface area contributed by atoms with Crippen LogP contribution in [-0.2, 0) is 4.84 Å². The number of hydroxylamine groups is 2. The van der Waals surface area contributed by atoms with Crippen LogP contribution in [0.15, 0.2) is 72.1 Å². The van der Waals surface area contributed by atoms with Crippen LogP contribution in [0.2, 0.25) is 0 Å². The van der Waals surface area contributed by atoms with Gasteiger partial charge in [-0.25, -0.2) is 9.78 Å². The lowest BCUT2D eigenvalue weighted by molar-refractivity contribution is -0.0583. The van der Waals surface area contributed by atoms with Gasteiger partial charge in [-0.2, -0.15) is 0 Å². The van der Waals surface area contributed by atoms with Crippen molar-refractivity contribution in [2.24, 2.45) is 0 Å². The van der Waals surface area contributed by atoms with Gasteiger partial charge < -0.3 is 4.84 Å². The monoisotopic (exact) mass is 400 g/mol. The fourth-order valence-electron chi connectivity index (χ4n) is 3.28. The van der Waals surface area contributed by atoms with Crippen molar-refractivity contribution in [3.8, 4) is 10.6 Å². The number of imide groups is 1. The molecule has 29 heavy (non-hydrogen) atoms. The Morgan fingerprint density at radius 2 is 1.59 bits per heavy atom. The average molecular weight is 400 g/mol. The fourth-order valence-corrected chi connectivity index (χ4v) is 3.96. The number of aromatic nitrogens is 1. The second-order valence-electron chi connectivity index (χ2n) is 6.38. The molecule has 3 heterocycles. The minimum absolute atomic E-state index is 0.212. The number of hydrogen-bond donors (Lipinski definition) is 0. The first-order valence-electron chi connectivity index (χ1n) is 8.77. The Labute approximate surface area is 168 Å². The molecule has 140 valence electrons. The molecule has 0 bridgehead atoms. The molecule has 2 aromatic heterocycles. The summed E-state index contributed by atoms with van der Waals surface area (Å²) in [5, 5.41) is 3.02. The van der Waals surface area contributed by atoms with E-state index < -0.39 is 17.8 Å². The summed E-state index contributed by atoms with van der Waals surface area (Å²) in [5.74, 6) is -2.11. The standard InChI is InChI=1S/C22H12N2O4S/c25-20-14-7-1-2-8-15(14)21(26)24(20)28-22(27)16-12-18(19-10-5-11-29-19)23-17-9-4-3-6-13(16)17/h1-12H. The molecule has 0 radical (unpaired) electrons. The molecule has 1 aliphatic heterocycles. The van der Waals surface area contributed by atoms with Crippen molar-refractivity contribution >= 4 is 40.0 Å². The predicted molar refractivity (Wildman–Crippen MR) is 107 cm³/mol. The van der Waals surface area contributed by atoms with Gasteiger partial charge in [0.05, 0.1) is 32.8 Å². The van der Waals surface area contributed by atoms with E-state index in [1.54, 1.807) is 36.4 Å². The lowest BCUT2D eigenvalue weighted by atomic mass is 10.1. The Bertz CT molecular complexity index is 1260. The van der Waals surface area contributed by atoms with Crippen molar-refractivity contribution in [1.82, 2.24) is 10.0 Å². The zero-order valence-electron chi connectivity index (χ0n) is 14.9. The first-order valence-corrected chi connectivity index (χ1v) is 9.65. The number of para-hydroxylation sites is 1. The highest BCUT2D eigenvalue weighted by molar-refractivity contribution is 7.13. The Kier molecular flexibility index (Phi) is 3.96. The van der Waals surface area contributed by atoms with Gasteiger partial charge in [-0.1, -0.05) is 41.5 Å². The number of amides is 2. The van der Waals surface area contributed by atoms with Gasteiger partial charge in [-0.3, -0.25) is 9.59 Å². The van der Waals surface area contributed by atoms with Crippen LogP contribution >= 0.6 is 11.3 Å². The molecule has 0 aliphatic carbocycles. The summed E-state index contributed by atoms with van der Waals surface area (Å²) in [6.45, 7) is 0. The lowest BCUT2D eigenvalue weighted by Crippen LogP contribution is -2.32. The van der Waals surface area contributed by atoms with Crippen LogP contribution < -0.4 is 0 Å². The topological polar surface area (TPSA) is 76.6 Å². The minimum atomic E-state index is -0.795. The van der Waals surface area contributed by atoms with E-state index in [9.17, 15) is 14.4 Å². The van der Waals surface area contributed by atoms with Crippen LogP contribution in [0.5, 0.6) is 0 Å². The number of fused-ring (bicyclic) bond motifs is 2. The van der Waals surface area contributed by atoms with Crippen molar-refractivity contribution in [3.63, 3.8) is 0 Å². The number of carbonyl (C=O) groups excluding carboxylic acids is 3. The highest BCUT2D eigenvalue weighted by Gasteiger charge is 2.39. The Balaban J connectivity index is 1.55. The molecule has 0 spiro atoms. The Hall–Kier alpha value is -3.84. The van der Waals surface area contributed by atoms with Crippen LogP contribution in [0.1, 0.15) is 31.1 Å². The third-order valence-corrected chi connectivity index (χ3v) is 5.53. The number of thiophene rings is 1. The van der Waals surface area contributed by atoms with Gasteiger partial charge in [0.2, 0.25) is 0 Å². The molecule has 0 unspecified atom stereocenters. The summed E-state index contributed by atoms with van der Waals surface area (Å²) in [7, 11) is 0. The molecule has 0 N–H and O–H groups in total. The highest BCUT2D eigenvalue weighted by atomic mass is 32.1. The first-order chi connectivity index (χ1) is 14.1. The van der Waals surface area contributed by atoms with Gasteiger partial charge in [0.25, 0.3) is 11.8 Å². The van der Waals surface area contributed by atoms with E-state index in [2.05, 4.69) is 4.98 Å². The highest BCUT2D eigenvalue weighted by Crippen LogP contribution is 2.29. The quantitative estimate of drug-likeness (QED) is 0.479. The normalized spacial score (nSPS) is 13.0. The SMILES string of the molecule is O=C(ON1C(=O)c2ccccc2C1=O)c1cc(-c2cccs2)nc2ccccc12. The average Bonchev–Trinajstić information content (AvgIpc) is 3.37. The maximum Gasteiger partial charge on any atom is 0.364 e. The number of pyridine rings is 1. The van der Waals surface area contributed by atoms with Crippen LogP contribution in [0.4, 0.5) is 0 Å². The third-order valence-electron chi connectivity index (χ3n) is 4.64. The number of rotatable bonds is 3. The molecule has 4 aromatic rings. The van der Waals surface area contributed by atoms with Crippen LogP contribution in [0.25, 0.3) is 21.5 Å². The molecule has 2 amide bonds. The predicted octanol–water partition coefficient (Wildman–Crippen LogP) is 4.33. The zero-order valence-corrected chi connectivity index (χ0v) is 15.7. The van der Waals surface area contributed by atoms with Gasteiger partial charge in [-0.05, 0) is 35.7 Å². The van der Waals surface area contributed by atoms with E-state index in [0.29, 0.717) is 21.7 Å². The van der Waals surface area contributed by atoms with E-state index >= 15 is 0 Å². The fraction of sp³-hybridized carbons (Fsp3) is 0. The van der Waals surface area contributed by atoms with Crippen molar-refractivity contribution in [2.75, 3.05) is 0 Å².